The summed E-state index contributed by atoms with van der Waals surface area (Å²) in [4.78, 5) is 2.36. The van der Waals surface area contributed by atoms with Gasteiger partial charge in [-0.1, -0.05) is 13.8 Å². The largest absolute Gasteiger partial charge is 0.378 e. The molecular formula is C9H20N2O. The van der Waals surface area contributed by atoms with E-state index in [1.165, 1.54) is 0 Å². The molecule has 1 fully saturated rings. The van der Waals surface area contributed by atoms with E-state index in [9.17, 15) is 0 Å². The van der Waals surface area contributed by atoms with Gasteiger partial charge in [-0.25, -0.2) is 0 Å². The van der Waals surface area contributed by atoms with Crippen LogP contribution in [-0.2, 0) is 4.74 Å². The Kier molecular flexibility index (Phi) is 3.98. The smallest absolute Gasteiger partial charge is 0.0645 e. The lowest BCUT2D eigenvalue weighted by molar-refractivity contribution is -0.0554. The molecule has 0 aromatic carbocycles. The standard InChI is InChI=1S/C9H20N2O/c1-8(2)10-4-5-11(3)9-6-12-7-9/h8-10H,4-7H2,1-3H3. The Bertz CT molecular complexity index is 124. The van der Waals surface area contributed by atoms with Crippen LogP contribution in [0.4, 0.5) is 0 Å². The van der Waals surface area contributed by atoms with E-state index in [0.717, 1.165) is 26.3 Å². The third kappa shape index (κ3) is 3.09. The lowest BCUT2D eigenvalue weighted by Crippen LogP contribution is -2.49. The maximum absolute atomic E-state index is 5.12. The molecular weight excluding hydrogens is 152 g/mol. The van der Waals surface area contributed by atoms with E-state index in [1.54, 1.807) is 0 Å². The van der Waals surface area contributed by atoms with Gasteiger partial charge in [0.05, 0.1) is 19.3 Å². The van der Waals surface area contributed by atoms with Crippen molar-refractivity contribution in [2.24, 2.45) is 0 Å². The average Bonchev–Trinajstić information content (AvgIpc) is 1.81. The molecule has 0 aliphatic carbocycles. The van der Waals surface area contributed by atoms with Gasteiger partial charge in [0.1, 0.15) is 0 Å². The minimum absolute atomic E-state index is 0.594. The molecule has 0 unspecified atom stereocenters. The zero-order valence-corrected chi connectivity index (χ0v) is 8.34. The number of hydrogen-bond donors (Lipinski definition) is 1. The van der Waals surface area contributed by atoms with Crippen LogP contribution in [0.25, 0.3) is 0 Å². The number of rotatable bonds is 5. The van der Waals surface area contributed by atoms with E-state index in [-0.39, 0.29) is 0 Å². The van der Waals surface area contributed by atoms with Crippen LogP contribution >= 0.6 is 0 Å². The van der Waals surface area contributed by atoms with E-state index >= 15 is 0 Å². The van der Waals surface area contributed by atoms with Gasteiger partial charge in [0.2, 0.25) is 0 Å². The molecule has 0 spiro atoms. The number of hydrogen-bond acceptors (Lipinski definition) is 3. The van der Waals surface area contributed by atoms with Gasteiger partial charge in [-0.05, 0) is 7.05 Å². The molecule has 1 saturated heterocycles. The minimum Gasteiger partial charge on any atom is -0.378 e. The van der Waals surface area contributed by atoms with Crippen molar-refractivity contribution in [3.05, 3.63) is 0 Å². The summed E-state index contributed by atoms with van der Waals surface area (Å²) in [5, 5.41) is 3.40. The fourth-order valence-corrected chi connectivity index (χ4v) is 1.19. The van der Waals surface area contributed by atoms with Crippen LogP contribution in [0.5, 0.6) is 0 Å². The predicted molar refractivity (Wildman–Crippen MR) is 50.4 cm³/mol. The van der Waals surface area contributed by atoms with Crippen LogP contribution in [-0.4, -0.2) is 50.3 Å². The van der Waals surface area contributed by atoms with Gasteiger partial charge in [-0.15, -0.1) is 0 Å². The first kappa shape index (κ1) is 9.96. The van der Waals surface area contributed by atoms with Crippen LogP contribution < -0.4 is 5.32 Å². The number of ether oxygens (including phenoxy) is 1. The van der Waals surface area contributed by atoms with Gasteiger partial charge >= 0.3 is 0 Å². The minimum atomic E-state index is 0.594. The van der Waals surface area contributed by atoms with Crippen molar-refractivity contribution in [2.45, 2.75) is 25.9 Å². The van der Waals surface area contributed by atoms with Crippen molar-refractivity contribution in [2.75, 3.05) is 33.4 Å². The summed E-state index contributed by atoms with van der Waals surface area (Å²) < 4.78 is 5.12. The number of nitrogens with one attached hydrogen (secondary N) is 1. The lowest BCUT2D eigenvalue weighted by atomic mass is 10.2. The molecule has 72 valence electrons. The highest BCUT2D eigenvalue weighted by molar-refractivity contribution is 4.75. The summed E-state index contributed by atoms with van der Waals surface area (Å²) in [5.41, 5.74) is 0. The maximum Gasteiger partial charge on any atom is 0.0645 e. The van der Waals surface area contributed by atoms with Crippen molar-refractivity contribution in [3.63, 3.8) is 0 Å². The molecule has 0 aromatic rings. The van der Waals surface area contributed by atoms with Gasteiger partial charge in [0, 0.05) is 19.1 Å². The Morgan fingerprint density at radius 2 is 2.17 bits per heavy atom. The van der Waals surface area contributed by atoms with Gasteiger partial charge in [-0.2, -0.15) is 0 Å². The molecule has 1 rings (SSSR count). The van der Waals surface area contributed by atoms with Crippen molar-refractivity contribution in [3.8, 4) is 0 Å². The highest BCUT2D eigenvalue weighted by atomic mass is 16.5. The molecule has 0 saturated carbocycles. The molecule has 0 radical (unpaired) electrons. The molecule has 0 bridgehead atoms. The molecule has 3 heteroatoms. The van der Waals surface area contributed by atoms with E-state index in [2.05, 4.69) is 31.1 Å². The van der Waals surface area contributed by atoms with E-state index < -0.39 is 0 Å². The third-order valence-corrected chi connectivity index (χ3v) is 2.26. The molecule has 0 amide bonds. The monoisotopic (exact) mass is 172 g/mol. The quantitative estimate of drug-likeness (QED) is 0.646. The van der Waals surface area contributed by atoms with E-state index in [4.69, 9.17) is 4.74 Å². The second-order valence-corrected chi connectivity index (χ2v) is 3.78. The highest BCUT2D eigenvalue weighted by Crippen LogP contribution is 2.06. The summed E-state index contributed by atoms with van der Waals surface area (Å²) >= 11 is 0. The summed E-state index contributed by atoms with van der Waals surface area (Å²) in [6.07, 6.45) is 0. The van der Waals surface area contributed by atoms with Gasteiger partial charge in [-0.3, -0.25) is 4.90 Å². The Hall–Kier alpha value is -0.120. The first-order chi connectivity index (χ1) is 5.70. The Morgan fingerprint density at radius 3 is 2.58 bits per heavy atom. The molecule has 1 aliphatic rings. The second kappa shape index (κ2) is 4.80. The Labute approximate surface area is 75.1 Å². The zero-order valence-electron chi connectivity index (χ0n) is 8.34. The van der Waals surface area contributed by atoms with Crippen molar-refractivity contribution in [1.82, 2.24) is 10.2 Å². The molecule has 1 heterocycles. The average molecular weight is 172 g/mol. The van der Waals surface area contributed by atoms with Crippen molar-refractivity contribution < 1.29 is 4.74 Å². The number of nitrogens with zero attached hydrogens (tertiary/aromatic N) is 1. The van der Waals surface area contributed by atoms with Gasteiger partial charge in [0.25, 0.3) is 0 Å². The summed E-state index contributed by atoms with van der Waals surface area (Å²) in [6.45, 7) is 8.37. The maximum atomic E-state index is 5.12. The summed E-state index contributed by atoms with van der Waals surface area (Å²) in [6, 6.07) is 1.26. The molecule has 0 atom stereocenters. The van der Waals surface area contributed by atoms with Crippen LogP contribution in [0.1, 0.15) is 13.8 Å². The summed E-state index contributed by atoms with van der Waals surface area (Å²) in [7, 11) is 2.16. The number of likely N-dealkylation sites (N-methyl/N-ethyl adjacent to an activating group) is 1. The molecule has 0 aromatic heterocycles. The summed E-state index contributed by atoms with van der Waals surface area (Å²) in [5.74, 6) is 0. The Balaban J connectivity index is 1.98. The normalized spacial score (nSPS) is 18.8. The lowest BCUT2D eigenvalue weighted by Gasteiger charge is -2.34. The first-order valence-corrected chi connectivity index (χ1v) is 4.71. The fourth-order valence-electron chi connectivity index (χ4n) is 1.19. The van der Waals surface area contributed by atoms with Crippen molar-refractivity contribution >= 4 is 0 Å². The van der Waals surface area contributed by atoms with Gasteiger partial charge in [0.15, 0.2) is 0 Å². The molecule has 1 aliphatic heterocycles. The topological polar surface area (TPSA) is 24.5 Å². The Morgan fingerprint density at radius 1 is 1.50 bits per heavy atom. The second-order valence-electron chi connectivity index (χ2n) is 3.78. The molecule has 3 nitrogen and oxygen atoms in total. The van der Waals surface area contributed by atoms with Crippen molar-refractivity contribution in [1.29, 1.82) is 0 Å². The molecule has 12 heavy (non-hydrogen) atoms. The van der Waals surface area contributed by atoms with Crippen LogP contribution in [0.2, 0.25) is 0 Å². The van der Waals surface area contributed by atoms with Crippen LogP contribution in [0, 0.1) is 0 Å². The van der Waals surface area contributed by atoms with Gasteiger partial charge < -0.3 is 10.1 Å². The van der Waals surface area contributed by atoms with E-state index in [0.29, 0.717) is 12.1 Å². The fraction of sp³-hybridized carbons (Fsp3) is 1.00. The molecule has 1 N–H and O–H groups in total. The third-order valence-electron chi connectivity index (χ3n) is 2.26. The highest BCUT2D eigenvalue weighted by Gasteiger charge is 2.22. The predicted octanol–water partition coefficient (Wildman–Crippen LogP) is 0.315. The van der Waals surface area contributed by atoms with Crippen LogP contribution in [0.3, 0.4) is 0 Å². The van der Waals surface area contributed by atoms with E-state index in [1.807, 2.05) is 0 Å². The first-order valence-electron chi connectivity index (χ1n) is 4.71. The zero-order chi connectivity index (χ0) is 8.97. The SMILES string of the molecule is CC(C)NCCN(C)C1COC1. The van der Waals surface area contributed by atoms with Crippen LogP contribution in [0.15, 0.2) is 0 Å².